The molecule has 192 valence electrons. The number of aromatic nitrogens is 1. The van der Waals surface area contributed by atoms with Crippen molar-refractivity contribution in [1.82, 2.24) is 8.28 Å². The second kappa shape index (κ2) is 9.70. The lowest BCUT2D eigenvalue weighted by Gasteiger charge is -2.24. The third-order valence-electron chi connectivity index (χ3n) is 6.51. The monoisotopic (exact) mass is 532 g/mol. The van der Waals surface area contributed by atoms with Gasteiger partial charge < -0.3 is 9.67 Å². The number of aromatic carboxylic acids is 1. The minimum absolute atomic E-state index is 0.00610. The number of amides is 1. The molecule has 1 aromatic heterocycles. The molecule has 0 bridgehead atoms. The Hall–Kier alpha value is -3.18. The Morgan fingerprint density at radius 1 is 0.944 bits per heavy atom. The first-order valence-electron chi connectivity index (χ1n) is 11.6. The molecule has 1 N–H and O–H groups in total. The van der Waals surface area contributed by atoms with Crippen LogP contribution in [0.2, 0.25) is 0 Å². The van der Waals surface area contributed by atoms with Gasteiger partial charge in [-0.2, -0.15) is 0 Å². The lowest BCUT2D eigenvalue weighted by molar-refractivity contribution is -0.123. The van der Waals surface area contributed by atoms with Gasteiger partial charge in [-0.15, -0.1) is 3.71 Å². The smallest absolute Gasteiger partial charge is 0.335 e. The minimum atomic E-state index is -4.42. The lowest BCUT2D eigenvalue weighted by Crippen LogP contribution is -2.42. The van der Waals surface area contributed by atoms with Crippen LogP contribution < -0.4 is 0 Å². The fraction of sp³-hybridized carbons (Fsp3) is 0.360. The van der Waals surface area contributed by atoms with Crippen molar-refractivity contribution in [3.8, 4) is 11.3 Å². The maximum atomic E-state index is 13.3. The van der Waals surface area contributed by atoms with Crippen LogP contribution in [0.4, 0.5) is 0 Å². The van der Waals surface area contributed by atoms with Crippen LogP contribution in [0.15, 0.2) is 48.5 Å². The molecule has 36 heavy (non-hydrogen) atoms. The summed E-state index contributed by atoms with van der Waals surface area (Å²) >= 11 is 0. The largest absolute Gasteiger partial charge is 0.478 e. The fourth-order valence-corrected chi connectivity index (χ4v) is 8.02. The van der Waals surface area contributed by atoms with E-state index < -0.39 is 38.5 Å². The number of sulfonamides is 2. The summed E-state index contributed by atoms with van der Waals surface area (Å²) in [5, 5.41) is 10.4. The number of fused-ring (bicyclic) bond motifs is 1. The summed E-state index contributed by atoms with van der Waals surface area (Å²) in [4.78, 5) is 25.0. The van der Waals surface area contributed by atoms with Gasteiger partial charge in [-0.1, -0.05) is 55.7 Å². The molecule has 1 aliphatic carbocycles. The average molecular weight is 533 g/mol. The summed E-state index contributed by atoms with van der Waals surface area (Å²) in [6.07, 6.45) is 6.36. The van der Waals surface area contributed by atoms with Gasteiger partial charge in [-0.25, -0.2) is 21.6 Å². The zero-order chi connectivity index (χ0) is 26.3. The first kappa shape index (κ1) is 25.9. The maximum absolute atomic E-state index is 13.3. The minimum Gasteiger partial charge on any atom is -0.478 e. The summed E-state index contributed by atoms with van der Waals surface area (Å²) in [6.45, 7) is -0.601. The Labute approximate surface area is 210 Å². The van der Waals surface area contributed by atoms with E-state index in [1.54, 1.807) is 10.6 Å². The standard InChI is InChI=1S/C25H28N2O7S2/c1-35(31,32)27(36(2,33)34)22(28)16-26-21-15-19(25(29)30)13-14-20(21)23(17-9-5-3-6-10-17)24(26)18-11-7-4-8-12-18/h4,7-8,11-15,17H,3,5-6,9-10,16H2,1-2H3,(H,29,30). The zero-order valence-corrected chi connectivity index (χ0v) is 21.7. The van der Waals surface area contributed by atoms with Gasteiger partial charge in [0.15, 0.2) is 0 Å². The molecule has 0 spiro atoms. The van der Waals surface area contributed by atoms with Crippen molar-refractivity contribution >= 4 is 42.8 Å². The number of carboxylic acid groups (broad SMARTS) is 1. The predicted molar refractivity (Wildman–Crippen MR) is 137 cm³/mol. The van der Waals surface area contributed by atoms with Crippen molar-refractivity contribution in [3.05, 3.63) is 59.7 Å². The summed E-state index contributed by atoms with van der Waals surface area (Å²) in [5.41, 5.74) is 2.83. The van der Waals surface area contributed by atoms with Crippen molar-refractivity contribution in [2.75, 3.05) is 12.5 Å². The van der Waals surface area contributed by atoms with Gasteiger partial charge in [0.2, 0.25) is 20.0 Å². The topological polar surface area (TPSA) is 131 Å². The van der Waals surface area contributed by atoms with E-state index in [4.69, 9.17) is 0 Å². The van der Waals surface area contributed by atoms with Crippen LogP contribution in [0.5, 0.6) is 0 Å². The van der Waals surface area contributed by atoms with E-state index >= 15 is 0 Å². The number of carbonyl (C=O) groups excluding carboxylic acids is 1. The molecule has 1 saturated carbocycles. The van der Waals surface area contributed by atoms with Crippen LogP contribution in [0, 0.1) is 0 Å². The summed E-state index contributed by atoms with van der Waals surface area (Å²) < 4.78 is 50.5. The van der Waals surface area contributed by atoms with Crippen molar-refractivity contribution in [1.29, 1.82) is 0 Å². The second-order valence-electron chi connectivity index (χ2n) is 9.20. The molecule has 0 atom stereocenters. The highest BCUT2D eigenvalue weighted by atomic mass is 32.3. The zero-order valence-electron chi connectivity index (χ0n) is 20.0. The van der Waals surface area contributed by atoms with E-state index in [9.17, 15) is 31.5 Å². The van der Waals surface area contributed by atoms with Crippen LogP contribution in [0.25, 0.3) is 22.2 Å². The number of hydrogen-bond acceptors (Lipinski definition) is 6. The third kappa shape index (κ3) is 5.03. The van der Waals surface area contributed by atoms with Gasteiger partial charge >= 0.3 is 5.97 Å². The Morgan fingerprint density at radius 3 is 2.11 bits per heavy atom. The molecular formula is C25H28N2O7S2. The predicted octanol–water partition coefficient (Wildman–Crippen LogP) is 3.80. The van der Waals surface area contributed by atoms with Gasteiger partial charge in [0, 0.05) is 5.39 Å². The number of carbonyl (C=O) groups is 2. The van der Waals surface area contributed by atoms with Crippen molar-refractivity contribution < 1.29 is 31.5 Å². The van der Waals surface area contributed by atoms with Crippen molar-refractivity contribution in [2.45, 2.75) is 44.6 Å². The van der Waals surface area contributed by atoms with Crippen LogP contribution in [-0.4, -0.2) is 54.6 Å². The lowest BCUT2D eigenvalue weighted by atomic mass is 9.82. The number of nitrogens with zero attached hydrogens (tertiary/aromatic N) is 2. The molecule has 0 radical (unpaired) electrons. The molecule has 11 heteroatoms. The number of benzene rings is 2. The Morgan fingerprint density at radius 2 is 1.56 bits per heavy atom. The maximum Gasteiger partial charge on any atom is 0.335 e. The first-order valence-corrected chi connectivity index (χ1v) is 15.3. The molecule has 1 heterocycles. The van der Waals surface area contributed by atoms with Gasteiger partial charge in [0.25, 0.3) is 5.91 Å². The normalized spacial score (nSPS) is 15.2. The van der Waals surface area contributed by atoms with Gasteiger partial charge in [-0.05, 0) is 42.0 Å². The van der Waals surface area contributed by atoms with Crippen LogP contribution in [0.1, 0.15) is 53.9 Å². The molecule has 1 fully saturated rings. The molecule has 9 nitrogen and oxygen atoms in total. The SMILES string of the molecule is CS(=O)(=O)N(C(=O)Cn1c(-c2ccccc2)c(C2CCCCC2)c2ccc(C(=O)O)cc21)S(C)(=O)=O. The van der Waals surface area contributed by atoms with E-state index in [0.717, 1.165) is 48.6 Å². The summed E-state index contributed by atoms with van der Waals surface area (Å²) in [7, 11) is -8.84. The quantitative estimate of drug-likeness (QED) is 0.490. The molecule has 4 rings (SSSR count). The van der Waals surface area contributed by atoms with E-state index in [2.05, 4.69) is 0 Å². The molecule has 0 saturated heterocycles. The van der Waals surface area contributed by atoms with Gasteiger partial charge in [0.1, 0.15) is 6.54 Å². The van der Waals surface area contributed by atoms with E-state index in [1.807, 2.05) is 30.3 Å². The van der Waals surface area contributed by atoms with E-state index in [1.165, 1.54) is 12.1 Å². The van der Waals surface area contributed by atoms with E-state index in [0.29, 0.717) is 23.7 Å². The van der Waals surface area contributed by atoms with Gasteiger partial charge in [-0.3, -0.25) is 4.79 Å². The highest BCUT2D eigenvalue weighted by Gasteiger charge is 2.34. The van der Waals surface area contributed by atoms with Crippen molar-refractivity contribution in [3.63, 3.8) is 0 Å². The van der Waals surface area contributed by atoms with Crippen LogP contribution in [-0.2, 0) is 31.4 Å². The first-order chi connectivity index (χ1) is 16.9. The average Bonchev–Trinajstić information content (AvgIpc) is 3.11. The number of carboxylic acids is 1. The van der Waals surface area contributed by atoms with Crippen LogP contribution in [0.3, 0.4) is 0 Å². The molecule has 0 aliphatic heterocycles. The molecule has 3 aromatic rings. The number of hydrogen-bond donors (Lipinski definition) is 1. The third-order valence-corrected chi connectivity index (χ3v) is 9.75. The molecular weight excluding hydrogens is 504 g/mol. The summed E-state index contributed by atoms with van der Waals surface area (Å²) in [6, 6.07) is 13.9. The highest BCUT2D eigenvalue weighted by molar-refractivity contribution is 8.04. The van der Waals surface area contributed by atoms with Crippen molar-refractivity contribution in [2.24, 2.45) is 0 Å². The molecule has 1 amide bonds. The molecule has 0 unspecified atom stereocenters. The molecule has 2 aromatic carbocycles. The fourth-order valence-electron chi connectivity index (χ4n) is 5.19. The Balaban J connectivity index is 2.03. The highest BCUT2D eigenvalue weighted by Crippen LogP contribution is 2.44. The van der Waals surface area contributed by atoms with E-state index in [-0.39, 0.29) is 15.2 Å². The second-order valence-corrected chi connectivity index (χ2v) is 13.1. The van der Waals surface area contributed by atoms with Crippen LogP contribution >= 0.6 is 0 Å². The summed E-state index contributed by atoms with van der Waals surface area (Å²) in [5.74, 6) is -2.14. The Kier molecular flexibility index (Phi) is 6.98. The molecule has 1 aliphatic rings. The number of rotatable bonds is 7. The van der Waals surface area contributed by atoms with Gasteiger partial charge in [0.05, 0.1) is 29.3 Å². The Bertz CT molecular complexity index is 1500.